The zero-order chi connectivity index (χ0) is 17.0. The third-order valence-electron chi connectivity index (χ3n) is 3.12. The second-order valence-corrected chi connectivity index (χ2v) is 4.49. The summed E-state index contributed by atoms with van der Waals surface area (Å²) in [4.78, 5) is 12.4. The van der Waals surface area contributed by atoms with Gasteiger partial charge in [0.25, 0.3) is 5.91 Å². The van der Waals surface area contributed by atoms with Crippen LogP contribution in [0.3, 0.4) is 0 Å². The number of benzene rings is 2. The third-order valence-corrected chi connectivity index (χ3v) is 3.12. The molecule has 0 atom stereocenters. The summed E-state index contributed by atoms with van der Waals surface area (Å²) in [6, 6.07) is 6.09. The van der Waals surface area contributed by atoms with E-state index in [0.717, 1.165) is 12.1 Å². The first-order chi connectivity index (χ1) is 11.0. The van der Waals surface area contributed by atoms with Gasteiger partial charge in [-0.15, -0.1) is 0 Å². The Morgan fingerprint density at radius 3 is 2.00 bits per heavy atom. The molecule has 1 amide bonds. The normalized spacial score (nSPS) is 10.1. The fraction of sp³-hybridized carbons (Fsp3) is 0.188. The Morgan fingerprint density at radius 2 is 1.52 bits per heavy atom. The van der Waals surface area contributed by atoms with Crippen molar-refractivity contribution in [1.29, 1.82) is 0 Å². The Hall–Kier alpha value is -2.83. The fourth-order valence-corrected chi connectivity index (χ4v) is 2.00. The second-order valence-electron chi connectivity index (χ2n) is 4.49. The SMILES string of the molecule is COc1cc(OC)c(C(=O)Nc2ccc(F)c(F)c2)c(OC)c1. The van der Waals surface area contributed by atoms with Crippen molar-refractivity contribution >= 4 is 11.6 Å². The molecule has 0 aliphatic heterocycles. The van der Waals surface area contributed by atoms with Crippen molar-refractivity contribution in [3.8, 4) is 17.2 Å². The lowest BCUT2D eigenvalue weighted by atomic mass is 10.1. The summed E-state index contributed by atoms with van der Waals surface area (Å²) in [7, 11) is 4.25. The zero-order valence-corrected chi connectivity index (χ0v) is 12.8. The summed E-state index contributed by atoms with van der Waals surface area (Å²) in [6.45, 7) is 0. The van der Waals surface area contributed by atoms with Gasteiger partial charge in [0.2, 0.25) is 0 Å². The smallest absolute Gasteiger partial charge is 0.263 e. The van der Waals surface area contributed by atoms with Crippen LogP contribution in [0.2, 0.25) is 0 Å². The Bertz CT molecular complexity index is 709. The number of methoxy groups -OCH3 is 3. The third kappa shape index (κ3) is 3.50. The van der Waals surface area contributed by atoms with Crippen molar-refractivity contribution < 1.29 is 27.8 Å². The van der Waals surface area contributed by atoms with E-state index in [1.165, 1.54) is 39.5 Å². The van der Waals surface area contributed by atoms with Gasteiger partial charge in [0.05, 0.1) is 21.3 Å². The number of amides is 1. The van der Waals surface area contributed by atoms with E-state index in [2.05, 4.69) is 5.32 Å². The lowest BCUT2D eigenvalue weighted by molar-refractivity contribution is 0.102. The number of rotatable bonds is 5. The Morgan fingerprint density at radius 1 is 0.913 bits per heavy atom. The van der Waals surface area contributed by atoms with Crippen LogP contribution in [0.5, 0.6) is 17.2 Å². The van der Waals surface area contributed by atoms with E-state index in [1.807, 2.05) is 0 Å². The number of carbonyl (C=O) groups is 1. The summed E-state index contributed by atoms with van der Waals surface area (Å²) in [6.07, 6.45) is 0. The Balaban J connectivity index is 2.39. The first-order valence-corrected chi connectivity index (χ1v) is 6.56. The number of ether oxygens (including phenoxy) is 3. The van der Waals surface area contributed by atoms with Crippen molar-refractivity contribution in [2.75, 3.05) is 26.6 Å². The molecular weight excluding hydrogens is 308 g/mol. The van der Waals surface area contributed by atoms with Crippen LogP contribution < -0.4 is 19.5 Å². The highest BCUT2D eigenvalue weighted by Crippen LogP contribution is 2.34. The lowest BCUT2D eigenvalue weighted by Crippen LogP contribution is -2.15. The van der Waals surface area contributed by atoms with E-state index in [1.54, 1.807) is 0 Å². The van der Waals surface area contributed by atoms with E-state index < -0.39 is 17.5 Å². The maximum Gasteiger partial charge on any atom is 0.263 e. The molecular formula is C16H15F2NO4. The monoisotopic (exact) mass is 323 g/mol. The van der Waals surface area contributed by atoms with Crippen LogP contribution in [0.25, 0.3) is 0 Å². The van der Waals surface area contributed by atoms with Gasteiger partial charge in [-0.05, 0) is 12.1 Å². The molecule has 2 rings (SSSR count). The van der Waals surface area contributed by atoms with E-state index in [0.29, 0.717) is 5.75 Å². The largest absolute Gasteiger partial charge is 0.496 e. The topological polar surface area (TPSA) is 56.8 Å². The van der Waals surface area contributed by atoms with Crippen molar-refractivity contribution in [3.63, 3.8) is 0 Å². The quantitative estimate of drug-likeness (QED) is 0.918. The minimum atomic E-state index is -1.06. The van der Waals surface area contributed by atoms with Gasteiger partial charge in [0, 0.05) is 23.9 Å². The number of nitrogens with one attached hydrogen (secondary N) is 1. The highest BCUT2D eigenvalue weighted by Gasteiger charge is 2.21. The lowest BCUT2D eigenvalue weighted by Gasteiger charge is -2.15. The summed E-state index contributed by atoms with van der Waals surface area (Å²) in [5.41, 5.74) is 0.217. The molecule has 7 heteroatoms. The molecule has 0 saturated heterocycles. The van der Waals surface area contributed by atoms with Gasteiger partial charge in [-0.1, -0.05) is 0 Å². The molecule has 0 fully saturated rings. The molecule has 5 nitrogen and oxygen atoms in total. The van der Waals surface area contributed by atoms with Crippen LogP contribution >= 0.6 is 0 Å². The van der Waals surface area contributed by atoms with Crippen molar-refractivity contribution in [1.82, 2.24) is 0 Å². The number of carbonyl (C=O) groups excluding carboxylic acids is 1. The highest BCUT2D eigenvalue weighted by atomic mass is 19.2. The maximum atomic E-state index is 13.2. The summed E-state index contributed by atoms with van der Waals surface area (Å²) >= 11 is 0. The molecule has 2 aromatic rings. The number of anilines is 1. The Kier molecular flexibility index (Phi) is 5.00. The molecule has 0 aliphatic carbocycles. The fourth-order valence-electron chi connectivity index (χ4n) is 2.00. The molecule has 0 radical (unpaired) electrons. The highest BCUT2D eigenvalue weighted by molar-refractivity contribution is 6.08. The molecule has 1 N–H and O–H groups in total. The maximum absolute atomic E-state index is 13.2. The predicted molar refractivity (Wildman–Crippen MR) is 80.4 cm³/mol. The molecule has 0 unspecified atom stereocenters. The molecule has 0 saturated carbocycles. The zero-order valence-electron chi connectivity index (χ0n) is 12.8. The molecule has 0 bridgehead atoms. The summed E-state index contributed by atoms with van der Waals surface area (Å²) in [5.74, 6) is -1.75. The first kappa shape index (κ1) is 16.5. The molecule has 122 valence electrons. The van der Waals surface area contributed by atoms with E-state index >= 15 is 0 Å². The molecule has 0 spiro atoms. The molecule has 0 heterocycles. The van der Waals surface area contributed by atoms with Crippen LogP contribution in [0.15, 0.2) is 30.3 Å². The minimum Gasteiger partial charge on any atom is -0.496 e. The standard InChI is InChI=1S/C16H15F2NO4/c1-21-10-7-13(22-2)15(14(8-10)23-3)16(20)19-9-4-5-11(17)12(18)6-9/h4-8H,1-3H3,(H,19,20). The number of hydrogen-bond donors (Lipinski definition) is 1. The average molecular weight is 323 g/mol. The molecule has 23 heavy (non-hydrogen) atoms. The molecule has 2 aromatic carbocycles. The molecule has 0 aromatic heterocycles. The van der Waals surface area contributed by atoms with Crippen LogP contribution in [-0.2, 0) is 0 Å². The van der Waals surface area contributed by atoms with Gasteiger partial charge < -0.3 is 19.5 Å². The van der Waals surface area contributed by atoms with Gasteiger partial charge >= 0.3 is 0 Å². The van der Waals surface area contributed by atoms with E-state index in [9.17, 15) is 13.6 Å². The average Bonchev–Trinajstić information content (AvgIpc) is 2.56. The van der Waals surface area contributed by atoms with Crippen LogP contribution in [-0.4, -0.2) is 27.2 Å². The second kappa shape index (κ2) is 6.95. The van der Waals surface area contributed by atoms with Crippen LogP contribution in [0.1, 0.15) is 10.4 Å². The minimum absolute atomic E-state index is 0.105. The van der Waals surface area contributed by atoms with Gasteiger partial charge in [0.15, 0.2) is 11.6 Å². The van der Waals surface area contributed by atoms with Gasteiger partial charge in [-0.3, -0.25) is 4.79 Å². The van der Waals surface area contributed by atoms with Crippen molar-refractivity contribution in [3.05, 3.63) is 47.5 Å². The summed E-state index contributed by atoms with van der Waals surface area (Å²) < 4.78 is 41.6. The van der Waals surface area contributed by atoms with E-state index in [4.69, 9.17) is 14.2 Å². The Labute approximate surface area is 131 Å². The number of halogens is 2. The van der Waals surface area contributed by atoms with Crippen LogP contribution in [0, 0.1) is 11.6 Å². The van der Waals surface area contributed by atoms with Crippen molar-refractivity contribution in [2.45, 2.75) is 0 Å². The molecule has 0 aliphatic rings. The number of hydrogen-bond acceptors (Lipinski definition) is 4. The summed E-state index contributed by atoms with van der Waals surface area (Å²) in [5, 5.41) is 2.47. The van der Waals surface area contributed by atoms with E-state index in [-0.39, 0.29) is 22.7 Å². The van der Waals surface area contributed by atoms with Gasteiger partial charge in [-0.25, -0.2) is 8.78 Å². The van der Waals surface area contributed by atoms with Crippen LogP contribution in [0.4, 0.5) is 14.5 Å². The predicted octanol–water partition coefficient (Wildman–Crippen LogP) is 3.24. The van der Waals surface area contributed by atoms with Gasteiger partial charge in [-0.2, -0.15) is 0 Å². The van der Waals surface area contributed by atoms with Gasteiger partial charge in [0.1, 0.15) is 22.8 Å². The first-order valence-electron chi connectivity index (χ1n) is 6.56. The van der Waals surface area contributed by atoms with Crippen molar-refractivity contribution in [2.24, 2.45) is 0 Å².